The van der Waals surface area contributed by atoms with E-state index in [1.807, 2.05) is 25.1 Å². The van der Waals surface area contributed by atoms with Crippen LogP contribution in [0, 0.1) is 13.8 Å². The Morgan fingerprint density at radius 2 is 2.10 bits per heavy atom. The maximum absolute atomic E-state index is 12.2. The monoisotopic (exact) mass is 289 g/mol. The van der Waals surface area contributed by atoms with Gasteiger partial charge in [-0.15, -0.1) is 0 Å². The molecule has 0 aliphatic carbocycles. The number of nitrogens with two attached hydrogens (primary N) is 1. The van der Waals surface area contributed by atoms with Crippen LogP contribution < -0.4 is 10.5 Å². The number of esters is 1. The normalized spacial score (nSPS) is 10.5. The predicted molar refractivity (Wildman–Crippen MR) is 79.2 cm³/mol. The van der Waals surface area contributed by atoms with Gasteiger partial charge in [0.25, 0.3) is 0 Å². The van der Waals surface area contributed by atoms with Crippen molar-refractivity contribution < 1.29 is 14.3 Å². The predicted octanol–water partition coefficient (Wildman–Crippen LogP) is 1.98. The number of carbonyl (C=O) groups excluding carboxylic acids is 1. The number of hydrogen-bond acceptors (Lipinski definition) is 5. The first-order valence-corrected chi connectivity index (χ1v) is 6.53. The van der Waals surface area contributed by atoms with Crippen molar-refractivity contribution in [2.75, 3.05) is 12.8 Å². The molecule has 6 heteroatoms. The van der Waals surface area contributed by atoms with E-state index >= 15 is 0 Å². The Morgan fingerprint density at radius 3 is 2.67 bits per heavy atom. The number of anilines is 1. The third-order valence-electron chi connectivity index (χ3n) is 3.26. The first kappa shape index (κ1) is 14.9. The Balaban J connectivity index is 2.16. The summed E-state index contributed by atoms with van der Waals surface area (Å²) in [4.78, 5) is 12.2. The van der Waals surface area contributed by atoms with Gasteiger partial charge in [-0.25, -0.2) is 4.79 Å². The number of rotatable bonds is 4. The Morgan fingerprint density at radius 1 is 1.38 bits per heavy atom. The number of nitrogens with zero attached hydrogens (tertiary/aromatic N) is 2. The van der Waals surface area contributed by atoms with E-state index in [0.717, 1.165) is 11.1 Å². The third-order valence-corrected chi connectivity index (χ3v) is 3.26. The fraction of sp³-hybridized carbons (Fsp3) is 0.333. The molecule has 0 saturated carbocycles. The number of hydrogen-bond donors (Lipinski definition) is 1. The molecule has 1 aromatic heterocycles. The second kappa shape index (κ2) is 5.87. The lowest BCUT2D eigenvalue weighted by atomic mass is 10.1. The number of carbonyl (C=O) groups is 1. The van der Waals surface area contributed by atoms with Crippen molar-refractivity contribution in [2.45, 2.75) is 20.5 Å². The first-order valence-electron chi connectivity index (χ1n) is 6.53. The molecule has 0 saturated heterocycles. The van der Waals surface area contributed by atoms with Crippen molar-refractivity contribution >= 4 is 11.7 Å². The van der Waals surface area contributed by atoms with Gasteiger partial charge in [-0.2, -0.15) is 5.10 Å². The Hall–Kier alpha value is -2.50. The molecule has 0 spiro atoms. The van der Waals surface area contributed by atoms with Gasteiger partial charge in [0.1, 0.15) is 12.4 Å². The molecule has 0 radical (unpaired) electrons. The zero-order chi connectivity index (χ0) is 15.6. The zero-order valence-electron chi connectivity index (χ0n) is 12.6. The summed E-state index contributed by atoms with van der Waals surface area (Å²) < 4.78 is 12.0. The Labute approximate surface area is 123 Å². The molecule has 21 heavy (non-hydrogen) atoms. The van der Waals surface area contributed by atoms with E-state index in [0.29, 0.717) is 17.1 Å². The first-order chi connectivity index (χ1) is 9.93. The summed E-state index contributed by atoms with van der Waals surface area (Å²) in [5.41, 5.74) is 8.94. The van der Waals surface area contributed by atoms with Crippen LogP contribution in [0.5, 0.6) is 5.75 Å². The molecule has 0 fully saturated rings. The number of benzene rings is 1. The van der Waals surface area contributed by atoms with Gasteiger partial charge >= 0.3 is 5.97 Å². The number of aryl methyl sites for hydroxylation is 3. The van der Waals surface area contributed by atoms with Crippen LogP contribution in [-0.2, 0) is 18.4 Å². The summed E-state index contributed by atoms with van der Waals surface area (Å²) in [6, 6.07) is 5.71. The average molecular weight is 289 g/mol. The van der Waals surface area contributed by atoms with Crippen LogP contribution >= 0.6 is 0 Å². The van der Waals surface area contributed by atoms with Gasteiger partial charge in [0, 0.05) is 12.6 Å². The molecule has 2 N–H and O–H groups in total. The minimum atomic E-state index is -0.501. The van der Waals surface area contributed by atoms with Gasteiger partial charge in [0.05, 0.1) is 18.5 Å². The summed E-state index contributed by atoms with van der Waals surface area (Å²) in [5.74, 6) is 0.182. The summed E-state index contributed by atoms with van der Waals surface area (Å²) in [6.45, 7) is 3.83. The van der Waals surface area contributed by atoms with Crippen LogP contribution in [0.2, 0.25) is 0 Å². The van der Waals surface area contributed by atoms with Crippen LogP contribution in [0.1, 0.15) is 27.3 Å². The van der Waals surface area contributed by atoms with Gasteiger partial charge < -0.3 is 15.2 Å². The molecule has 1 heterocycles. The molecule has 1 aromatic carbocycles. The molecule has 0 atom stereocenters. The largest absolute Gasteiger partial charge is 0.496 e. The lowest BCUT2D eigenvalue weighted by Gasteiger charge is -2.10. The van der Waals surface area contributed by atoms with Crippen LogP contribution in [-0.4, -0.2) is 22.9 Å². The topological polar surface area (TPSA) is 79.4 Å². The smallest absolute Gasteiger partial charge is 0.359 e. The minimum absolute atomic E-state index is 0.118. The molecule has 2 aromatic rings. The maximum atomic E-state index is 12.2. The molecule has 0 amide bonds. The minimum Gasteiger partial charge on any atom is -0.496 e. The van der Waals surface area contributed by atoms with Crippen molar-refractivity contribution in [3.63, 3.8) is 0 Å². The molecule has 0 aliphatic heterocycles. The lowest BCUT2D eigenvalue weighted by molar-refractivity contribution is 0.0458. The number of nitrogen functional groups attached to an aromatic ring is 1. The second-order valence-corrected chi connectivity index (χ2v) is 4.86. The maximum Gasteiger partial charge on any atom is 0.359 e. The van der Waals surface area contributed by atoms with Gasteiger partial charge in [-0.3, -0.25) is 4.68 Å². The third kappa shape index (κ3) is 2.99. The summed E-state index contributed by atoms with van der Waals surface area (Å²) in [5, 5.41) is 4.10. The molecule has 0 bridgehead atoms. The average Bonchev–Trinajstić information content (AvgIpc) is 2.70. The standard InChI is InChI=1S/C15H19N3O3/c1-9-5-6-12(20-4)11(7-9)8-21-15(19)14-13(16)10(2)17-18(14)3/h5-7H,8,16H2,1-4H3. The van der Waals surface area contributed by atoms with E-state index in [-0.39, 0.29) is 12.3 Å². The summed E-state index contributed by atoms with van der Waals surface area (Å²) in [6.07, 6.45) is 0. The van der Waals surface area contributed by atoms with Crippen LogP contribution in [0.15, 0.2) is 18.2 Å². The highest BCUT2D eigenvalue weighted by molar-refractivity contribution is 5.93. The van der Waals surface area contributed by atoms with Crippen molar-refractivity contribution in [1.82, 2.24) is 9.78 Å². The number of aromatic nitrogens is 2. The molecule has 112 valence electrons. The van der Waals surface area contributed by atoms with Crippen LogP contribution in [0.3, 0.4) is 0 Å². The Kier molecular flexibility index (Phi) is 4.16. The van der Waals surface area contributed by atoms with Gasteiger partial charge in [0.2, 0.25) is 0 Å². The van der Waals surface area contributed by atoms with Crippen molar-refractivity contribution in [3.8, 4) is 5.75 Å². The molecule has 0 unspecified atom stereocenters. The van der Waals surface area contributed by atoms with E-state index in [1.54, 1.807) is 21.1 Å². The van der Waals surface area contributed by atoms with Crippen LogP contribution in [0.4, 0.5) is 5.69 Å². The van der Waals surface area contributed by atoms with Crippen molar-refractivity contribution in [2.24, 2.45) is 7.05 Å². The quantitative estimate of drug-likeness (QED) is 0.871. The van der Waals surface area contributed by atoms with Gasteiger partial charge in [0.15, 0.2) is 5.69 Å². The fourth-order valence-corrected chi connectivity index (χ4v) is 2.15. The lowest BCUT2D eigenvalue weighted by Crippen LogP contribution is -2.13. The fourth-order valence-electron chi connectivity index (χ4n) is 2.15. The van der Waals surface area contributed by atoms with E-state index in [2.05, 4.69) is 5.10 Å². The highest BCUT2D eigenvalue weighted by Crippen LogP contribution is 2.22. The van der Waals surface area contributed by atoms with E-state index < -0.39 is 5.97 Å². The van der Waals surface area contributed by atoms with E-state index in [9.17, 15) is 4.79 Å². The molecular formula is C15H19N3O3. The zero-order valence-corrected chi connectivity index (χ0v) is 12.6. The van der Waals surface area contributed by atoms with E-state index in [1.165, 1.54) is 4.68 Å². The molecule has 2 rings (SSSR count). The highest BCUT2D eigenvalue weighted by atomic mass is 16.5. The Bertz CT molecular complexity index is 677. The molecule has 6 nitrogen and oxygen atoms in total. The van der Waals surface area contributed by atoms with Gasteiger partial charge in [-0.05, 0) is 26.0 Å². The molecular weight excluding hydrogens is 270 g/mol. The van der Waals surface area contributed by atoms with Gasteiger partial charge in [-0.1, -0.05) is 11.6 Å². The van der Waals surface area contributed by atoms with Crippen molar-refractivity contribution in [1.29, 1.82) is 0 Å². The van der Waals surface area contributed by atoms with E-state index in [4.69, 9.17) is 15.2 Å². The molecule has 0 aliphatic rings. The summed E-state index contributed by atoms with van der Waals surface area (Å²) in [7, 11) is 3.24. The SMILES string of the molecule is COc1ccc(C)cc1COC(=O)c1c(N)c(C)nn1C. The summed E-state index contributed by atoms with van der Waals surface area (Å²) >= 11 is 0. The number of ether oxygens (including phenoxy) is 2. The number of methoxy groups -OCH3 is 1. The second-order valence-electron chi connectivity index (χ2n) is 4.86. The highest BCUT2D eigenvalue weighted by Gasteiger charge is 2.19. The van der Waals surface area contributed by atoms with Crippen LogP contribution in [0.25, 0.3) is 0 Å². The van der Waals surface area contributed by atoms with Crippen molar-refractivity contribution in [3.05, 3.63) is 40.7 Å².